The van der Waals surface area contributed by atoms with Gasteiger partial charge >= 0.3 is 0 Å². The van der Waals surface area contributed by atoms with Crippen LogP contribution in [-0.2, 0) is 9.84 Å². The minimum Gasteiger partial charge on any atom is -0.314 e. The summed E-state index contributed by atoms with van der Waals surface area (Å²) in [5.41, 5.74) is 0. The highest BCUT2D eigenvalue weighted by Gasteiger charge is 2.24. The lowest BCUT2D eigenvalue weighted by Crippen LogP contribution is -2.52. The van der Waals surface area contributed by atoms with Gasteiger partial charge in [0.1, 0.15) is 0 Å². The Bertz CT molecular complexity index is 318. The van der Waals surface area contributed by atoms with Gasteiger partial charge in [0.15, 0.2) is 9.84 Å². The second kappa shape index (κ2) is 8.35. The van der Waals surface area contributed by atoms with Crippen molar-refractivity contribution in [3.05, 3.63) is 0 Å². The molecule has 1 unspecified atom stereocenters. The third kappa shape index (κ3) is 5.43. The normalized spacial score (nSPS) is 21.9. The molecule has 0 aromatic rings. The highest BCUT2D eigenvalue weighted by atomic mass is 35.5. The summed E-state index contributed by atoms with van der Waals surface area (Å²) in [5, 5.41) is 3.12. The van der Waals surface area contributed by atoms with Crippen LogP contribution in [0.1, 0.15) is 33.6 Å². The van der Waals surface area contributed by atoms with E-state index in [1.54, 1.807) is 13.8 Å². The Balaban J connectivity index is 0.00000289. The van der Waals surface area contributed by atoms with Crippen molar-refractivity contribution in [3.63, 3.8) is 0 Å². The Hall–Kier alpha value is 0.160. The van der Waals surface area contributed by atoms with Crippen molar-refractivity contribution < 1.29 is 8.42 Å². The summed E-state index contributed by atoms with van der Waals surface area (Å²) < 4.78 is 23.6. The molecule has 0 aromatic carbocycles. The van der Waals surface area contributed by atoms with Gasteiger partial charge in [0.2, 0.25) is 0 Å². The average Bonchev–Trinajstić information content (AvgIpc) is 2.28. The zero-order chi connectivity index (χ0) is 12.9. The molecule has 18 heavy (non-hydrogen) atoms. The summed E-state index contributed by atoms with van der Waals surface area (Å²) >= 11 is 0. The third-order valence-corrected chi connectivity index (χ3v) is 5.66. The van der Waals surface area contributed by atoms with Crippen LogP contribution in [0.5, 0.6) is 0 Å². The molecule has 1 heterocycles. The minimum absolute atomic E-state index is 0. The molecule has 0 aromatic heterocycles. The molecule has 0 aliphatic carbocycles. The Morgan fingerprint density at radius 1 is 1.39 bits per heavy atom. The number of nitrogens with zero attached hydrogens (tertiary/aromatic N) is 1. The van der Waals surface area contributed by atoms with Crippen LogP contribution in [0.15, 0.2) is 0 Å². The van der Waals surface area contributed by atoms with Gasteiger partial charge in [-0.1, -0.05) is 13.3 Å². The molecule has 1 rings (SSSR count). The molecule has 110 valence electrons. The van der Waals surface area contributed by atoms with E-state index in [1.165, 1.54) is 0 Å². The number of hydrogen-bond acceptors (Lipinski definition) is 4. The lowest BCUT2D eigenvalue weighted by molar-refractivity contribution is 0.161. The van der Waals surface area contributed by atoms with Gasteiger partial charge in [-0.2, -0.15) is 0 Å². The molecule has 6 heteroatoms. The van der Waals surface area contributed by atoms with Crippen LogP contribution in [-0.4, -0.2) is 56.5 Å². The highest BCUT2D eigenvalue weighted by Crippen LogP contribution is 2.10. The van der Waals surface area contributed by atoms with E-state index in [0.29, 0.717) is 18.3 Å². The molecule has 4 nitrogen and oxygen atoms in total. The molecule has 0 saturated carbocycles. The maximum Gasteiger partial charge on any atom is 0.153 e. The zero-order valence-electron chi connectivity index (χ0n) is 11.7. The minimum atomic E-state index is -2.90. The van der Waals surface area contributed by atoms with Gasteiger partial charge in [0.05, 0.1) is 11.0 Å². The van der Waals surface area contributed by atoms with Gasteiger partial charge in [-0.15, -0.1) is 12.4 Å². The lowest BCUT2D eigenvalue weighted by Gasteiger charge is -2.36. The predicted octanol–water partition coefficient (Wildman–Crippen LogP) is 1.31. The van der Waals surface area contributed by atoms with E-state index in [9.17, 15) is 8.42 Å². The van der Waals surface area contributed by atoms with Gasteiger partial charge in [0.25, 0.3) is 0 Å². The molecular weight excluding hydrogens is 272 g/mol. The van der Waals surface area contributed by atoms with Crippen LogP contribution in [0.3, 0.4) is 0 Å². The molecule has 0 bridgehead atoms. The number of nitrogens with one attached hydrogen (secondary N) is 1. The van der Waals surface area contributed by atoms with Crippen LogP contribution in [0, 0.1) is 0 Å². The topological polar surface area (TPSA) is 49.4 Å². The fourth-order valence-corrected chi connectivity index (χ4v) is 3.16. The van der Waals surface area contributed by atoms with Crippen LogP contribution in [0.2, 0.25) is 0 Å². The number of hydrogen-bond donors (Lipinski definition) is 1. The molecule has 1 N–H and O–H groups in total. The first-order chi connectivity index (χ1) is 7.97. The van der Waals surface area contributed by atoms with Crippen LogP contribution in [0.25, 0.3) is 0 Å². The fourth-order valence-electron chi connectivity index (χ4n) is 2.20. The standard InChI is InChI=1S/C12H26N2O2S.ClH/c1-4-5-12-10-13-6-7-14(12)8-9-17(15,16)11(2)3;/h11-13H,4-10H2,1-3H3;1H. The van der Waals surface area contributed by atoms with Crippen LogP contribution < -0.4 is 5.32 Å². The fraction of sp³-hybridized carbons (Fsp3) is 1.00. The third-order valence-electron chi connectivity index (χ3n) is 3.48. The summed E-state index contributed by atoms with van der Waals surface area (Å²) in [6.07, 6.45) is 2.30. The molecule has 1 fully saturated rings. The van der Waals surface area contributed by atoms with Crippen LogP contribution >= 0.6 is 12.4 Å². The molecular formula is C12H27ClN2O2S. The van der Waals surface area contributed by atoms with E-state index in [2.05, 4.69) is 17.1 Å². The van der Waals surface area contributed by atoms with E-state index >= 15 is 0 Å². The summed E-state index contributed by atoms with van der Waals surface area (Å²) in [6.45, 7) is 9.33. The summed E-state index contributed by atoms with van der Waals surface area (Å²) in [6, 6.07) is 0.510. The first kappa shape index (κ1) is 18.2. The van der Waals surface area contributed by atoms with Crippen molar-refractivity contribution in [2.45, 2.75) is 44.9 Å². The second-order valence-electron chi connectivity index (χ2n) is 5.10. The Kier molecular flexibility index (Phi) is 8.43. The average molecular weight is 299 g/mol. The van der Waals surface area contributed by atoms with Gasteiger partial charge in [-0.05, 0) is 20.3 Å². The van der Waals surface area contributed by atoms with Crippen molar-refractivity contribution in [1.29, 1.82) is 0 Å². The van der Waals surface area contributed by atoms with Gasteiger partial charge in [-0.25, -0.2) is 8.42 Å². The van der Waals surface area contributed by atoms with E-state index in [-0.39, 0.29) is 17.7 Å². The molecule has 1 aliphatic heterocycles. The molecule has 0 spiro atoms. The van der Waals surface area contributed by atoms with Crippen molar-refractivity contribution in [2.24, 2.45) is 0 Å². The van der Waals surface area contributed by atoms with Crippen LogP contribution in [0.4, 0.5) is 0 Å². The largest absolute Gasteiger partial charge is 0.314 e. The number of piperazine rings is 1. The van der Waals surface area contributed by atoms with Gasteiger partial charge in [-0.3, -0.25) is 4.90 Å². The number of sulfone groups is 1. The number of halogens is 1. The molecule has 0 amide bonds. The summed E-state index contributed by atoms with van der Waals surface area (Å²) in [7, 11) is -2.90. The van der Waals surface area contributed by atoms with E-state index in [0.717, 1.165) is 32.5 Å². The second-order valence-corrected chi connectivity index (χ2v) is 7.78. The monoisotopic (exact) mass is 298 g/mol. The first-order valence-corrected chi connectivity index (χ1v) is 8.35. The molecule has 0 radical (unpaired) electrons. The summed E-state index contributed by atoms with van der Waals surface area (Å²) in [4.78, 5) is 2.33. The van der Waals surface area contributed by atoms with E-state index in [1.807, 2.05) is 0 Å². The zero-order valence-corrected chi connectivity index (χ0v) is 13.3. The molecule has 1 aliphatic rings. The van der Waals surface area contributed by atoms with E-state index in [4.69, 9.17) is 0 Å². The first-order valence-electron chi connectivity index (χ1n) is 6.63. The van der Waals surface area contributed by atoms with Gasteiger partial charge < -0.3 is 5.32 Å². The maximum absolute atomic E-state index is 11.8. The SMILES string of the molecule is CCCC1CNCCN1CCS(=O)(=O)C(C)C.Cl. The quantitative estimate of drug-likeness (QED) is 0.803. The van der Waals surface area contributed by atoms with Crippen molar-refractivity contribution >= 4 is 22.2 Å². The predicted molar refractivity (Wildman–Crippen MR) is 79.3 cm³/mol. The molecule has 1 atom stereocenters. The highest BCUT2D eigenvalue weighted by molar-refractivity contribution is 7.92. The lowest BCUT2D eigenvalue weighted by atomic mass is 10.1. The van der Waals surface area contributed by atoms with Gasteiger partial charge in [0, 0.05) is 32.2 Å². The smallest absolute Gasteiger partial charge is 0.153 e. The number of rotatable bonds is 6. The molecule has 1 saturated heterocycles. The van der Waals surface area contributed by atoms with Crippen molar-refractivity contribution in [2.75, 3.05) is 31.9 Å². The Labute approximate surface area is 118 Å². The van der Waals surface area contributed by atoms with E-state index < -0.39 is 9.84 Å². The van der Waals surface area contributed by atoms with Crippen molar-refractivity contribution in [3.8, 4) is 0 Å². The Morgan fingerprint density at radius 2 is 2.06 bits per heavy atom. The van der Waals surface area contributed by atoms with Crippen molar-refractivity contribution in [1.82, 2.24) is 10.2 Å². The maximum atomic E-state index is 11.8. The Morgan fingerprint density at radius 3 is 2.61 bits per heavy atom. The summed E-state index contributed by atoms with van der Waals surface area (Å²) in [5.74, 6) is 0.297.